The maximum absolute atomic E-state index is 13.7. The monoisotopic (exact) mass is 473 g/mol. The van der Waals surface area contributed by atoms with Crippen molar-refractivity contribution in [2.45, 2.75) is 18.4 Å². The van der Waals surface area contributed by atoms with Gasteiger partial charge in [0.05, 0.1) is 29.1 Å². The number of rotatable bonds is 5. The number of nitrogens with one attached hydrogen (secondary N) is 1. The highest BCUT2D eigenvalue weighted by Gasteiger charge is 2.39. The first kappa shape index (κ1) is 21.6. The number of amides is 1. The van der Waals surface area contributed by atoms with Crippen LogP contribution in [0, 0.1) is 0 Å². The summed E-state index contributed by atoms with van der Waals surface area (Å²) in [5, 5.41) is 4.92. The molecule has 1 N–H and O–H groups in total. The molecule has 0 bridgehead atoms. The fraction of sp³-hybridized carbons (Fsp3) is 0.160. The topological polar surface area (TPSA) is 60.8 Å². The lowest BCUT2D eigenvalue weighted by Gasteiger charge is -2.17. The maximum Gasteiger partial charge on any atom is 0.269 e. The molecular weight excluding hydrogens is 450 g/mol. The lowest BCUT2D eigenvalue weighted by Crippen LogP contribution is -2.29. The summed E-state index contributed by atoms with van der Waals surface area (Å²) in [4.78, 5) is 28.6. The molecule has 0 atom stereocenters. The number of nitrogens with zero attached hydrogens (tertiary/aromatic N) is 4. The third-order valence-corrected chi connectivity index (χ3v) is 7.79. The van der Waals surface area contributed by atoms with Crippen molar-refractivity contribution in [3.8, 4) is 0 Å². The number of fused-ring (bicyclic) bond motifs is 1. The summed E-state index contributed by atoms with van der Waals surface area (Å²) in [6, 6.07) is 20.1. The Balaban J connectivity index is 1.57. The first-order chi connectivity index (χ1) is 16.2. The zero-order valence-corrected chi connectivity index (χ0v) is 20.0. The van der Waals surface area contributed by atoms with E-state index in [0.717, 1.165) is 39.1 Å². The molecule has 0 saturated carbocycles. The van der Waals surface area contributed by atoms with Gasteiger partial charge >= 0.3 is 0 Å². The van der Waals surface area contributed by atoms with Crippen molar-refractivity contribution in [2.75, 3.05) is 23.8 Å². The number of carbonyl (C=O) groups excluding carboxylic acids is 1. The Bertz CT molecular complexity index is 1260. The van der Waals surface area contributed by atoms with Gasteiger partial charge in [-0.3, -0.25) is 14.7 Å². The van der Waals surface area contributed by atoms with E-state index in [9.17, 15) is 4.79 Å². The molecule has 1 aromatic heterocycles. The van der Waals surface area contributed by atoms with Gasteiger partial charge in [-0.15, -0.1) is 0 Å². The van der Waals surface area contributed by atoms with Crippen molar-refractivity contribution >= 4 is 51.7 Å². The molecule has 2 aromatic carbocycles. The fourth-order valence-electron chi connectivity index (χ4n) is 3.74. The molecule has 3 heterocycles. The zero-order valence-electron chi connectivity index (χ0n) is 18.4. The number of hydrogen-bond donors (Lipinski definition) is 1. The van der Waals surface area contributed by atoms with E-state index in [1.165, 1.54) is 11.8 Å². The summed E-state index contributed by atoms with van der Waals surface area (Å²) in [5.41, 5.74) is 3.78. The summed E-state index contributed by atoms with van der Waals surface area (Å²) >= 11 is 3.06. The number of aromatic nitrogens is 1. The quantitative estimate of drug-likeness (QED) is 0.481. The van der Waals surface area contributed by atoms with Crippen LogP contribution in [0.4, 0.5) is 17.1 Å². The summed E-state index contributed by atoms with van der Waals surface area (Å²) in [5.74, 6) is -0.0290. The van der Waals surface area contributed by atoms with Crippen molar-refractivity contribution in [1.82, 2.24) is 9.88 Å². The zero-order chi connectivity index (χ0) is 22.8. The first-order valence-corrected chi connectivity index (χ1v) is 12.3. The van der Waals surface area contributed by atoms with Crippen molar-refractivity contribution in [2.24, 2.45) is 4.99 Å². The Labute approximate surface area is 201 Å². The van der Waals surface area contributed by atoms with Gasteiger partial charge in [-0.25, -0.2) is 4.99 Å². The van der Waals surface area contributed by atoms with Gasteiger partial charge in [-0.05, 0) is 42.4 Å². The van der Waals surface area contributed by atoms with Crippen LogP contribution in [-0.2, 0) is 11.3 Å². The molecule has 2 aliphatic heterocycles. The van der Waals surface area contributed by atoms with E-state index < -0.39 is 0 Å². The van der Waals surface area contributed by atoms with Crippen LogP contribution < -0.4 is 10.2 Å². The first-order valence-electron chi connectivity index (χ1n) is 10.7. The Morgan fingerprint density at radius 2 is 1.82 bits per heavy atom. The standard InChI is InChI=1S/C25H23N5OS2/c1-3-27-18-13-14-26-15-19(18)28-25-30(16-17-9-5-4-6-10-17)23(31)22(33-25)24-29(2)20-11-7-8-12-21(20)32-24/h4-15H,3,16H2,1-2H3,(H,26,27)/b24-22-,28-25+. The van der Waals surface area contributed by atoms with E-state index in [1.54, 1.807) is 29.1 Å². The average Bonchev–Trinajstić information content (AvgIpc) is 3.33. The fourth-order valence-corrected chi connectivity index (χ4v) is 6.08. The smallest absolute Gasteiger partial charge is 0.269 e. The Kier molecular flexibility index (Phi) is 6.11. The minimum atomic E-state index is -0.0290. The second-order valence-corrected chi connectivity index (χ2v) is 9.57. The maximum atomic E-state index is 13.7. The van der Waals surface area contributed by atoms with E-state index in [4.69, 9.17) is 4.99 Å². The van der Waals surface area contributed by atoms with E-state index in [-0.39, 0.29) is 5.91 Å². The van der Waals surface area contributed by atoms with Crippen LogP contribution in [0.3, 0.4) is 0 Å². The van der Waals surface area contributed by atoms with Gasteiger partial charge in [-0.2, -0.15) is 0 Å². The Morgan fingerprint density at radius 3 is 2.61 bits per heavy atom. The van der Waals surface area contributed by atoms with Crippen LogP contribution in [0.15, 0.2) is 92.9 Å². The van der Waals surface area contributed by atoms with E-state index in [2.05, 4.69) is 27.3 Å². The number of pyridine rings is 1. The number of para-hydroxylation sites is 1. The molecule has 166 valence electrons. The highest BCUT2D eigenvalue weighted by molar-refractivity contribution is 8.19. The molecule has 5 rings (SSSR count). The summed E-state index contributed by atoms with van der Waals surface area (Å²) in [7, 11) is 2.01. The molecular formula is C25H23N5OS2. The minimum Gasteiger partial charge on any atom is -0.383 e. The van der Waals surface area contributed by atoms with Crippen molar-refractivity contribution in [3.05, 3.63) is 88.6 Å². The number of carbonyl (C=O) groups is 1. The van der Waals surface area contributed by atoms with Gasteiger partial charge in [0.25, 0.3) is 5.91 Å². The van der Waals surface area contributed by atoms with Crippen LogP contribution in [0.25, 0.3) is 0 Å². The molecule has 0 unspecified atom stereocenters. The highest BCUT2D eigenvalue weighted by Crippen LogP contribution is 2.50. The Morgan fingerprint density at radius 1 is 1.03 bits per heavy atom. The minimum absolute atomic E-state index is 0.0290. The third kappa shape index (κ3) is 4.24. The molecule has 0 spiro atoms. The SMILES string of the molecule is CCNc1ccncc1/N=C1/S/C(=C2\Sc3ccccc3N2C)C(=O)N1Cc1ccccc1. The number of aliphatic imine (C=N–C) groups is 1. The van der Waals surface area contributed by atoms with Gasteiger partial charge in [0, 0.05) is 24.7 Å². The Hall–Kier alpha value is -3.23. The molecule has 0 aliphatic carbocycles. The van der Waals surface area contributed by atoms with Crippen LogP contribution >= 0.6 is 23.5 Å². The normalized spacial score (nSPS) is 18.8. The van der Waals surface area contributed by atoms with Crippen LogP contribution in [0.1, 0.15) is 12.5 Å². The molecule has 1 saturated heterocycles. The summed E-state index contributed by atoms with van der Waals surface area (Å²) < 4.78 is 0. The van der Waals surface area contributed by atoms with E-state index in [1.807, 2.05) is 62.5 Å². The van der Waals surface area contributed by atoms with Crippen molar-refractivity contribution in [3.63, 3.8) is 0 Å². The number of hydrogen-bond acceptors (Lipinski definition) is 7. The summed E-state index contributed by atoms with van der Waals surface area (Å²) in [6.45, 7) is 3.28. The summed E-state index contributed by atoms with van der Waals surface area (Å²) in [6.07, 6.45) is 3.47. The van der Waals surface area contributed by atoms with E-state index in [0.29, 0.717) is 16.6 Å². The third-order valence-electron chi connectivity index (χ3n) is 5.36. The van der Waals surface area contributed by atoms with Crippen LogP contribution in [0.5, 0.6) is 0 Å². The van der Waals surface area contributed by atoms with Gasteiger partial charge in [0.2, 0.25) is 0 Å². The second-order valence-electron chi connectivity index (χ2n) is 7.56. The van der Waals surface area contributed by atoms with Crippen LogP contribution in [0.2, 0.25) is 0 Å². The number of benzene rings is 2. The van der Waals surface area contributed by atoms with Gasteiger partial charge < -0.3 is 10.2 Å². The van der Waals surface area contributed by atoms with Crippen molar-refractivity contribution < 1.29 is 4.79 Å². The molecule has 6 nitrogen and oxygen atoms in total. The van der Waals surface area contributed by atoms with Gasteiger partial charge in [-0.1, -0.05) is 54.2 Å². The van der Waals surface area contributed by atoms with Crippen molar-refractivity contribution in [1.29, 1.82) is 0 Å². The van der Waals surface area contributed by atoms with Gasteiger partial charge in [0.15, 0.2) is 5.17 Å². The average molecular weight is 474 g/mol. The largest absolute Gasteiger partial charge is 0.383 e. The number of thioether (sulfide) groups is 2. The molecule has 8 heteroatoms. The lowest BCUT2D eigenvalue weighted by atomic mass is 10.2. The van der Waals surface area contributed by atoms with Crippen LogP contribution in [-0.4, -0.2) is 34.6 Å². The molecule has 1 fully saturated rings. The second kappa shape index (κ2) is 9.33. The molecule has 1 amide bonds. The van der Waals surface area contributed by atoms with Gasteiger partial charge in [0.1, 0.15) is 10.6 Å². The number of amidine groups is 1. The predicted molar refractivity (Wildman–Crippen MR) is 138 cm³/mol. The molecule has 3 aromatic rings. The molecule has 0 radical (unpaired) electrons. The van der Waals surface area contributed by atoms with E-state index >= 15 is 0 Å². The molecule has 2 aliphatic rings. The highest BCUT2D eigenvalue weighted by atomic mass is 32.2. The predicted octanol–water partition coefficient (Wildman–Crippen LogP) is 5.69. The molecule has 33 heavy (non-hydrogen) atoms. The number of anilines is 2. The lowest BCUT2D eigenvalue weighted by molar-refractivity contribution is -0.122.